The SMILES string of the molecule is COC(=O)c1ccc(C)c(NC(=O)CSc2nncn2C)c1. The van der Waals surface area contributed by atoms with Crippen molar-refractivity contribution in [1.82, 2.24) is 14.8 Å². The highest BCUT2D eigenvalue weighted by Crippen LogP contribution is 2.19. The number of rotatable bonds is 5. The van der Waals surface area contributed by atoms with E-state index < -0.39 is 5.97 Å². The van der Waals surface area contributed by atoms with Gasteiger partial charge in [-0.2, -0.15) is 0 Å². The van der Waals surface area contributed by atoms with E-state index in [1.807, 2.05) is 14.0 Å². The molecule has 2 aromatic rings. The normalized spacial score (nSPS) is 10.3. The molecule has 1 aromatic carbocycles. The van der Waals surface area contributed by atoms with Crippen LogP contribution in [0.15, 0.2) is 29.7 Å². The first kappa shape index (κ1) is 16.0. The lowest BCUT2D eigenvalue weighted by atomic mass is 10.1. The van der Waals surface area contributed by atoms with Gasteiger partial charge in [0.2, 0.25) is 5.91 Å². The Morgan fingerprint density at radius 3 is 2.82 bits per heavy atom. The maximum absolute atomic E-state index is 12.0. The number of ether oxygens (including phenoxy) is 1. The number of nitrogens with zero attached hydrogens (tertiary/aromatic N) is 3. The number of thioether (sulfide) groups is 1. The van der Waals surface area contributed by atoms with Gasteiger partial charge >= 0.3 is 5.97 Å². The zero-order valence-electron chi connectivity index (χ0n) is 12.5. The van der Waals surface area contributed by atoms with Gasteiger partial charge in [0, 0.05) is 12.7 Å². The number of aryl methyl sites for hydroxylation is 2. The van der Waals surface area contributed by atoms with Gasteiger partial charge in [-0.3, -0.25) is 4.79 Å². The number of carbonyl (C=O) groups excluding carboxylic acids is 2. The molecule has 1 N–H and O–H groups in total. The van der Waals surface area contributed by atoms with E-state index in [0.29, 0.717) is 16.4 Å². The molecule has 0 bridgehead atoms. The average molecular weight is 320 g/mol. The van der Waals surface area contributed by atoms with E-state index in [1.165, 1.54) is 18.9 Å². The van der Waals surface area contributed by atoms with E-state index in [0.717, 1.165) is 5.56 Å². The maximum Gasteiger partial charge on any atom is 0.337 e. The molecule has 0 spiro atoms. The third-order valence-electron chi connectivity index (χ3n) is 2.93. The molecule has 22 heavy (non-hydrogen) atoms. The second kappa shape index (κ2) is 7.08. The van der Waals surface area contributed by atoms with Crippen LogP contribution >= 0.6 is 11.8 Å². The largest absolute Gasteiger partial charge is 0.465 e. The van der Waals surface area contributed by atoms with Crippen molar-refractivity contribution in [1.29, 1.82) is 0 Å². The summed E-state index contributed by atoms with van der Waals surface area (Å²) in [5.41, 5.74) is 1.85. The third-order valence-corrected chi connectivity index (χ3v) is 3.97. The zero-order chi connectivity index (χ0) is 16.1. The number of methoxy groups -OCH3 is 1. The molecular weight excluding hydrogens is 304 g/mol. The number of nitrogens with one attached hydrogen (secondary N) is 1. The molecule has 2 rings (SSSR count). The van der Waals surface area contributed by atoms with Gasteiger partial charge in [0.05, 0.1) is 18.4 Å². The predicted octanol–water partition coefficient (Wildman–Crippen LogP) is 1.64. The smallest absolute Gasteiger partial charge is 0.337 e. The Labute approximate surface area is 132 Å². The van der Waals surface area contributed by atoms with Gasteiger partial charge in [-0.25, -0.2) is 4.79 Å². The molecule has 0 saturated heterocycles. The first-order valence-electron chi connectivity index (χ1n) is 6.47. The summed E-state index contributed by atoms with van der Waals surface area (Å²) in [6, 6.07) is 5.02. The highest BCUT2D eigenvalue weighted by molar-refractivity contribution is 7.99. The summed E-state index contributed by atoms with van der Waals surface area (Å²) in [5, 5.41) is 11.1. The van der Waals surface area contributed by atoms with E-state index in [9.17, 15) is 9.59 Å². The maximum atomic E-state index is 12.0. The topological polar surface area (TPSA) is 86.1 Å². The summed E-state index contributed by atoms with van der Waals surface area (Å²) in [5.74, 6) is -0.420. The van der Waals surface area contributed by atoms with Crippen molar-refractivity contribution < 1.29 is 14.3 Å². The highest BCUT2D eigenvalue weighted by atomic mass is 32.2. The lowest BCUT2D eigenvalue weighted by Gasteiger charge is -2.09. The van der Waals surface area contributed by atoms with Gasteiger partial charge in [-0.1, -0.05) is 17.8 Å². The summed E-state index contributed by atoms with van der Waals surface area (Å²) in [7, 11) is 3.13. The fraction of sp³-hybridized carbons (Fsp3) is 0.286. The molecule has 0 atom stereocenters. The molecule has 7 nitrogen and oxygen atoms in total. The number of carbonyl (C=O) groups is 2. The summed E-state index contributed by atoms with van der Waals surface area (Å²) >= 11 is 1.29. The first-order chi connectivity index (χ1) is 10.5. The van der Waals surface area contributed by atoms with Crippen LogP contribution in [0.2, 0.25) is 0 Å². The number of hydrogen-bond donors (Lipinski definition) is 1. The predicted molar refractivity (Wildman–Crippen MR) is 82.9 cm³/mol. The molecule has 1 aromatic heterocycles. The molecular formula is C14H16N4O3S. The van der Waals surface area contributed by atoms with Crippen LogP contribution in [-0.2, 0) is 16.6 Å². The summed E-state index contributed by atoms with van der Waals surface area (Å²) in [4.78, 5) is 23.5. The van der Waals surface area contributed by atoms with Crippen molar-refractivity contribution in [2.24, 2.45) is 7.05 Å². The van der Waals surface area contributed by atoms with Gasteiger partial charge in [-0.15, -0.1) is 10.2 Å². The second-order valence-corrected chi connectivity index (χ2v) is 5.53. The highest BCUT2D eigenvalue weighted by Gasteiger charge is 2.11. The molecule has 0 unspecified atom stereocenters. The Morgan fingerprint density at radius 1 is 1.41 bits per heavy atom. The minimum absolute atomic E-state index is 0.182. The van der Waals surface area contributed by atoms with Gasteiger partial charge in [0.15, 0.2) is 5.16 Å². The minimum atomic E-state index is -0.441. The van der Waals surface area contributed by atoms with Crippen molar-refractivity contribution in [3.05, 3.63) is 35.7 Å². The number of benzene rings is 1. The first-order valence-corrected chi connectivity index (χ1v) is 7.45. The van der Waals surface area contributed by atoms with Crippen LogP contribution in [-0.4, -0.2) is 39.5 Å². The fourth-order valence-corrected chi connectivity index (χ4v) is 2.41. The van der Waals surface area contributed by atoms with E-state index in [4.69, 9.17) is 0 Å². The molecule has 1 amide bonds. The summed E-state index contributed by atoms with van der Waals surface area (Å²) in [6.07, 6.45) is 1.57. The van der Waals surface area contributed by atoms with Gasteiger partial charge in [0.25, 0.3) is 0 Å². The Balaban J connectivity index is 2.01. The van der Waals surface area contributed by atoms with Gasteiger partial charge in [-0.05, 0) is 24.6 Å². The number of aromatic nitrogens is 3. The minimum Gasteiger partial charge on any atom is -0.465 e. The summed E-state index contributed by atoms with van der Waals surface area (Å²) < 4.78 is 6.41. The van der Waals surface area contributed by atoms with Crippen molar-refractivity contribution >= 4 is 29.3 Å². The Kier molecular flexibility index (Phi) is 5.16. The molecule has 0 aliphatic rings. The van der Waals surface area contributed by atoms with Crippen molar-refractivity contribution in [3.8, 4) is 0 Å². The van der Waals surface area contributed by atoms with Crippen LogP contribution in [0.5, 0.6) is 0 Å². The van der Waals surface area contributed by atoms with Crippen LogP contribution in [0, 0.1) is 6.92 Å². The lowest BCUT2D eigenvalue weighted by molar-refractivity contribution is -0.113. The van der Waals surface area contributed by atoms with Gasteiger partial charge in [0.1, 0.15) is 6.33 Å². The second-order valence-electron chi connectivity index (χ2n) is 4.58. The van der Waals surface area contributed by atoms with E-state index in [2.05, 4.69) is 20.3 Å². The number of amides is 1. The lowest BCUT2D eigenvalue weighted by Crippen LogP contribution is -2.16. The Morgan fingerprint density at radius 2 is 2.18 bits per heavy atom. The monoisotopic (exact) mass is 320 g/mol. The van der Waals surface area contributed by atoms with Crippen LogP contribution in [0.25, 0.3) is 0 Å². The van der Waals surface area contributed by atoms with E-state index in [-0.39, 0.29) is 11.7 Å². The number of anilines is 1. The Bertz CT molecular complexity index is 699. The standard InChI is InChI=1S/C14H16N4O3S/c1-9-4-5-10(13(20)21-3)6-11(9)16-12(19)7-22-14-17-15-8-18(14)2/h4-6,8H,7H2,1-3H3,(H,16,19). The van der Waals surface area contributed by atoms with Crippen LogP contribution in [0.3, 0.4) is 0 Å². The van der Waals surface area contributed by atoms with Crippen molar-refractivity contribution in [2.45, 2.75) is 12.1 Å². The molecule has 116 valence electrons. The van der Waals surface area contributed by atoms with Crippen LogP contribution in [0.4, 0.5) is 5.69 Å². The molecule has 0 radical (unpaired) electrons. The zero-order valence-corrected chi connectivity index (χ0v) is 13.3. The van der Waals surface area contributed by atoms with Crippen molar-refractivity contribution in [3.63, 3.8) is 0 Å². The fourth-order valence-electron chi connectivity index (χ4n) is 1.72. The molecule has 0 aliphatic heterocycles. The number of esters is 1. The van der Waals surface area contributed by atoms with E-state index in [1.54, 1.807) is 29.1 Å². The molecule has 8 heteroatoms. The molecule has 0 fully saturated rings. The van der Waals surface area contributed by atoms with E-state index >= 15 is 0 Å². The molecule has 0 aliphatic carbocycles. The van der Waals surface area contributed by atoms with Crippen LogP contribution < -0.4 is 5.32 Å². The number of hydrogen-bond acceptors (Lipinski definition) is 6. The molecule has 1 heterocycles. The molecule has 0 saturated carbocycles. The summed E-state index contributed by atoms with van der Waals surface area (Å²) in [6.45, 7) is 1.85. The van der Waals surface area contributed by atoms with Crippen molar-refractivity contribution in [2.75, 3.05) is 18.2 Å². The third kappa shape index (κ3) is 3.85. The Hall–Kier alpha value is -2.35. The quantitative estimate of drug-likeness (QED) is 0.666. The van der Waals surface area contributed by atoms with Gasteiger partial charge < -0.3 is 14.6 Å². The van der Waals surface area contributed by atoms with Crippen LogP contribution in [0.1, 0.15) is 15.9 Å². The average Bonchev–Trinajstić information content (AvgIpc) is 2.92.